The zero-order chi connectivity index (χ0) is 14.6. The molecule has 0 aromatic heterocycles. The quantitative estimate of drug-likeness (QED) is 0.885. The van der Waals surface area contributed by atoms with Crippen molar-refractivity contribution in [3.63, 3.8) is 0 Å². The van der Waals surface area contributed by atoms with Crippen LogP contribution in [-0.4, -0.2) is 18.2 Å². The molecule has 1 atom stereocenters. The fourth-order valence-corrected chi connectivity index (χ4v) is 1.64. The number of nitrogens with two attached hydrogens (primary N) is 1. The van der Waals surface area contributed by atoms with Gasteiger partial charge in [0.25, 0.3) is 0 Å². The molecule has 4 nitrogen and oxygen atoms in total. The number of carbonyl (C=O) groups is 1. The van der Waals surface area contributed by atoms with E-state index >= 15 is 0 Å². The highest BCUT2D eigenvalue weighted by atomic mass is 19.1. The summed E-state index contributed by atoms with van der Waals surface area (Å²) in [4.78, 5) is 11.7. The van der Waals surface area contributed by atoms with Crippen molar-refractivity contribution >= 4 is 6.09 Å². The van der Waals surface area contributed by atoms with Crippen LogP contribution < -0.4 is 11.1 Å². The lowest BCUT2D eigenvalue weighted by Crippen LogP contribution is -2.38. The molecule has 3 N–H and O–H groups in total. The van der Waals surface area contributed by atoms with Gasteiger partial charge in [-0.3, -0.25) is 0 Å². The van der Waals surface area contributed by atoms with Gasteiger partial charge in [-0.05, 0) is 33.8 Å². The summed E-state index contributed by atoms with van der Waals surface area (Å²) in [5, 5.41) is 2.58. The van der Waals surface area contributed by atoms with Gasteiger partial charge < -0.3 is 15.8 Å². The summed E-state index contributed by atoms with van der Waals surface area (Å²) in [5.41, 5.74) is 6.27. The number of ether oxygens (including phenoxy) is 1. The molecule has 1 amide bonds. The Bertz CT molecular complexity index is 455. The van der Waals surface area contributed by atoms with E-state index in [1.54, 1.807) is 32.9 Å². The second kappa shape index (κ2) is 6.02. The molecule has 0 spiro atoms. The highest BCUT2D eigenvalue weighted by Gasteiger charge is 2.21. The highest BCUT2D eigenvalue weighted by Crippen LogP contribution is 2.18. The molecule has 0 aliphatic heterocycles. The lowest BCUT2D eigenvalue weighted by molar-refractivity contribution is 0.0504. The van der Waals surface area contributed by atoms with Crippen LogP contribution in [0.15, 0.2) is 18.2 Å². The number of benzene rings is 1. The van der Waals surface area contributed by atoms with Gasteiger partial charge in [0.2, 0.25) is 0 Å². The minimum absolute atomic E-state index is 0.0968. The van der Waals surface area contributed by atoms with Crippen LogP contribution in [0.1, 0.15) is 37.9 Å². The summed E-state index contributed by atoms with van der Waals surface area (Å²) in [6.07, 6.45) is -0.608. The van der Waals surface area contributed by atoms with Crippen LogP contribution in [-0.2, 0) is 4.74 Å². The second-order valence-corrected chi connectivity index (χ2v) is 5.46. The first-order valence-corrected chi connectivity index (χ1v) is 6.18. The maximum absolute atomic E-state index is 13.7. The van der Waals surface area contributed by atoms with Gasteiger partial charge in [0.05, 0.1) is 6.04 Å². The van der Waals surface area contributed by atoms with Crippen LogP contribution in [0.4, 0.5) is 9.18 Å². The fraction of sp³-hybridized carbons (Fsp3) is 0.500. The third-order valence-electron chi connectivity index (χ3n) is 2.45. The molecular formula is C14H21FN2O2. The first kappa shape index (κ1) is 15.4. The summed E-state index contributed by atoms with van der Waals surface area (Å²) >= 11 is 0. The maximum atomic E-state index is 13.7. The van der Waals surface area contributed by atoms with E-state index in [1.807, 2.05) is 6.92 Å². The van der Waals surface area contributed by atoms with E-state index in [2.05, 4.69) is 5.32 Å². The van der Waals surface area contributed by atoms with Gasteiger partial charge in [0, 0.05) is 12.1 Å². The van der Waals surface area contributed by atoms with Crippen molar-refractivity contribution in [2.75, 3.05) is 6.54 Å². The SMILES string of the molecule is Cc1ccc(F)c(C(CN)NC(=O)OC(C)(C)C)c1. The van der Waals surface area contributed by atoms with Crippen molar-refractivity contribution in [1.82, 2.24) is 5.32 Å². The van der Waals surface area contributed by atoms with Crippen LogP contribution >= 0.6 is 0 Å². The van der Waals surface area contributed by atoms with Crippen LogP contribution in [0.25, 0.3) is 0 Å². The summed E-state index contributed by atoms with van der Waals surface area (Å²) in [6.45, 7) is 7.23. The molecule has 1 aromatic rings. The monoisotopic (exact) mass is 268 g/mol. The van der Waals surface area contributed by atoms with Gasteiger partial charge in [0.1, 0.15) is 11.4 Å². The fourth-order valence-electron chi connectivity index (χ4n) is 1.64. The summed E-state index contributed by atoms with van der Waals surface area (Å²) in [6, 6.07) is 4.10. The predicted molar refractivity (Wildman–Crippen MR) is 72.3 cm³/mol. The Morgan fingerprint density at radius 1 is 1.47 bits per heavy atom. The Labute approximate surface area is 113 Å². The van der Waals surface area contributed by atoms with Crippen LogP contribution in [0.5, 0.6) is 0 Å². The van der Waals surface area contributed by atoms with Crippen LogP contribution in [0.3, 0.4) is 0 Å². The number of alkyl carbamates (subject to hydrolysis) is 1. The lowest BCUT2D eigenvalue weighted by Gasteiger charge is -2.23. The molecule has 19 heavy (non-hydrogen) atoms. The minimum atomic E-state index is -0.608. The number of carbonyl (C=O) groups excluding carboxylic acids is 1. The van der Waals surface area contributed by atoms with Gasteiger partial charge in [0.15, 0.2) is 0 Å². The van der Waals surface area contributed by atoms with Crippen molar-refractivity contribution in [3.8, 4) is 0 Å². The molecule has 0 bridgehead atoms. The number of hydrogen-bond acceptors (Lipinski definition) is 3. The van der Waals surface area contributed by atoms with E-state index in [0.717, 1.165) is 5.56 Å². The molecule has 1 aromatic carbocycles. The van der Waals surface area contributed by atoms with Gasteiger partial charge >= 0.3 is 6.09 Å². The Balaban J connectivity index is 2.84. The van der Waals surface area contributed by atoms with E-state index in [4.69, 9.17) is 10.5 Å². The molecule has 1 unspecified atom stereocenters. The molecule has 0 heterocycles. The predicted octanol–water partition coefficient (Wildman–Crippen LogP) is 2.66. The minimum Gasteiger partial charge on any atom is -0.444 e. The number of amides is 1. The Morgan fingerprint density at radius 2 is 2.11 bits per heavy atom. The van der Waals surface area contributed by atoms with Crippen molar-refractivity contribution < 1.29 is 13.9 Å². The van der Waals surface area contributed by atoms with Crippen LogP contribution in [0.2, 0.25) is 0 Å². The third-order valence-corrected chi connectivity index (χ3v) is 2.45. The van der Waals surface area contributed by atoms with Gasteiger partial charge in [-0.25, -0.2) is 9.18 Å². The van der Waals surface area contributed by atoms with E-state index in [0.29, 0.717) is 5.56 Å². The van der Waals surface area contributed by atoms with Crippen molar-refractivity contribution in [2.24, 2.45) is 5.73 Å². The zero-order valence-corrected chi connectivity index (χ0v) is 11.8. The van der Waals surface area contributed by atoms with Crippen molar-refractivity contribution in [3.05, 3.63) is 35.1 Å². The standard InChI is InChI=1S/C14H21FN2O2/c1-9-5-6-11(15)10(7-9)12(8-16)17-13(18)19-14(2,3)4/h5-7,12H,8,16H2,1-4H3,(H,17,18). The third kappa shape index (κ3) is 4.87. The van der Waals surface area contributed by atoms with Crippen LogP contribution in [0, 0.1) is 12.7 Å². The van der Waals surface area contributed by atoms with E-state index in [1.165, 1.54) is 6.07 Å². The Kier molecular flexibility index (Phi) is 4.89. The molecular weight excluding hydrogens is 247 g/mol. The normalized spacial score (nSPS) is 12.9. The molecule has 106 valence electrons. The number of aryl methyl sites for hydroxylation is 1. The first-order chi connectivity index (χ1) is 8.73. The average molecular weight is 268 g/mol. The van der Waals surface area contributed by atoms with Gasteiger partial charge in [-0.1, -0.05) is 17.7 Å². The molecule has 0 fully saturated rings. The molecule has 0 saturated carbocycles. The molecule has 0 aliphatic carbocycles. The highest BCUT2D eigenvalue weighted by molar-refractivity contribution is 5.68. The largest absolute Gasteiger partial charge is 0.444 e. The Hall–Kier alpha value is -1.62. The molecule has 5 heteroatoms. The molecule has 0 aliphatic rings. The number of halogens is 1. The van der Waals surface area contributed by atoms with Gasteiger partial charge in [-0.2, -0.15) is 0 Å². The number of nitrogens with one attached hydrogen (secondary N) is 1. The molecule has 0 radical (unpaired) electrons. The summed E-state index contributed by atoms with van der Waals surface area (Å²) < 4.78 is 18.9. The topological polar surface area (TPSA) is 64.3 Å². The van der Waals surface area contributed by atoms with E-state index in [9.17, 15) is 9.18 Å². The number of hydrogen-bond donors (Lipinski definition) is 2. The summed E-state index contributed by atoms with van der Waals surface area (Å²) in [7, 11) is 0. The maximum Gasteiger partial charge on any atom is 0.408 e. The molecule has 0 saturated heterocycles. The Morgan fingerprint density at radius 3 is 2.63 bits per heavy atom. The molecule has 1 rings (SSSR count). The smallest absolute Gasteiger partial charge is 0.408 e. The van der Waals surface area contributed by atoms with Gasteiger partial charge in [-0.15, -0.1) is 0 Å². The summed E-state index contributed by atoms with van der Waals surface area (Å²) in [5.74, 6) is -0.392. The van der Waals surface area contributed by atoms with Crippen molar-refractivity contribution in [1.29, 1.82) is 0 Å². The lowest BCUT2D eigenvalue weighted by atomic mass is 10.0. The average Bonchev–Trinajstić information content (AvgIpc) is 2.27. The number of rotatable bonds is 3. The van der Waals surface area contributed by atoms with Crippen molar-refractivity contribution in [2.45, 2.75) is 39.3 Å². The first-order valence-electron chi connectivity index (χ1n) is 6.18. The second-order valence-electron chi connectivity index (χ2n) is 5.46. The van der Waals surface area contributed by atoms with E-state index in [-0.39, 0.29) is 6.54 Å². The van der Waals surface area contributed by atoms with E-state index < -0.39 is 23.6 Å². The zero-order valence-electron chi connectivity index (χ0n) is 11.8.